The van der Waals surface area contributed by atoms with Crippen LogP contribution in [0.4, 0.5) is 0 Å². The Hall–Kier alpha value is -0.610. The van der Waals surface area contributed by atoms with Crippen molar-refractivity contribution >= 4 is 5.91 Å². The van der Waals surface area contributed by atoms with Gasteiger partial charge in [0.15, 0.2) is 0 Å². The van der Waals surface area contributed by atoms with Crippen molar-refractivity contribution in [3.05, 3.63) is 0 Å². The van der Waals surface area contributed by atoms with E-state index in [9.17, 15) is 4.79 Å². The van der Waals surface area contributed by atoms with Crippen LogP contribution < -0.4 is 5.73 Å². The van der Waals surface area contributed by atoms with Crippen molar-refractivity contribution in [1.82, 2.24) is 9.80 Å². The Kier molecular flexibility index (Phi) is 7.34. The Morgan fingerprint density at radius 1 is 1.19 bits per heavy atom. The molecule has 2 N–H and O–H groups in total. The van der Waals surface area contributed by atoms with Crippen molar-refractivity contribution in [2.45, 2.75) is 20.3 Å². The van der Waals surface area contributed by atoms with Crippen molar-refractivity contribution in [3.8, 4) is 0 Å². The predicted molar refractivity (Wildman–Crippen MR) is 68.2 cm³/mol. The van der Waals surface area contributed by atoms with Crippen LogP contribution in [0.15, 0.2) is 0 Å². The smallest absolute Gasteiger partial charge is 0.226 e. The van der Waals surface area contributed by atoms with E-state index in [0.29, 0.717) is 12.5 Å². The van der Waals surface area contributed by atoms with Crippen LogP contribution in [-0.2, 0) is 4.79 Å². The molecule has 1 unspecified atom stereocenters. The van der Waals surface area contributed by atoms with E-state index in [0.717, 1.165) is 19.5 Å². The average Bonchev–Trinajstić information content (AvgIpc) is 2.21. The Morgan fingerprint density at radius 3 is 2.12 bits per heavy atom. The van der Waals surface area contributed by atoms with Crippen LogP contribution in [0.25, 0.3) is 0 Å². The highest BCUT2D eigenvalue weighted by Gasteiger charge is 2.21. The quantitative estimate of drug-likeness (QED) is 0.696. The number of likely N-dealkylation sites (N-methyl/N-ethyl adjacent to an activating group) is 2. The van der Waals surface area contributed by atoms with E-state index in [1.807, 2.05) is 21.1 Å². The number of hydrogen-bond acceptors (Lipinski definition) is 3. The number of nitrogens with two attached hydrogens (primary N) is 1. The molecule has 0 radical (unpaired) electrons. The normalized spacial score (nSPS) is 13.2. The number of hydrogen-bond donors (Lipinski definition) is 1. The second kappa shape index (κ2) is 7.63. The maximum absolute atomic E-state index is 12.0. The van der Waals surface area contributed by atoms with Gasteiger partial charge >= 0.3 is 0 Å². The van der Waals surface area contributed by atoms with Gasteiger partial charge < -0.3 is 15.5 Å². The van der Waals surface area contributed by atoms with Gasteiger partial charge in [0.1, 0.15) is 0 Å². The van der Waals surface area contributed by atoms with Gasteiger partial charge in [0, 0.05) is 26.7 Å². The second-order valence-corrected chi connectivity index (χ2v) is 5.13. The van der Waals surface area contributed by atoms with Crippen molar-refractivity contribution in [1.29, 1.82) is 0 Å². The third-order valence-electron chi connectivity index (χ3n) is 2.65. The fourth-order valence-corrected chi connectivity index (χ4v) is 1.64. The SMILES string of the molecule is CC(C)CC(CN)C(=O)N(C)CCN(C)C. The van der Waals surface area contributed by atoms with Gasteiger partial charge in [-0.25, -0.2) is 0 Å². The van der Waals surface area contributed by atoms with Crippen LogP contribution in [0.3, 0.4) is 0 Å². The molecule has 0 fully saturated rings. The standard InChI is InChI=1S/C12H27N3O/c1-10(2)8-11(9-13)12(16)15(5)7-6-14(3)4/h10-11H,6-9,13H2,1-5H3. The van der Waals surface area contributed by atoms with Gasteiger partial charge in [-0.1, -0.05) is 13.8 Å². The molecule has 0 heterocycles. The first kappa shape index (κ1) is 15.4. The van der Waals surface area contributed by atoms with E-state index >= 15 is 0 Å². The van der Waals surface area contributed by atoms with Crippen LogP contribution in [0.2, 0.25) is 0 Å². The van der Waals surface area contributed by atoms with E-state index in [1.54, 1.807) is 4.90 Å². The summed E-state index contributed by atoms with van der Waals surface area (Å²) in [5.74, 6) is 0.671. The molecular formula is C12H27N3O. The first-order valence-electron chi connectivity index (χ1n) is 5.98. The first-order chi connectivity index (χ1) is 7.38. The van der Waals surface area contributed by atoms with Crippen LogP contribution in [-0.4, -0.2) is 56.5 Å². The van der Waals surface area contributed by atoms with Crippen LogP contribution >= 0.6 is 0 Å². The van der Waals surface area contributed by atoms with Crippen molar-refractivity contribution in [3.63, 3.8) is 0 Å². The Labute approximate surface area is 99.8 Å². The lowest BCUT2D eigenvalue weighted by molar-refractivity contribution is -0.134. The van der Waals surface area contributed by atoms with Gasteiger partial charge in [0.2, 0.25) is 5.91 Å². The summed E-state index contributed by atoms with van der Waals surface area (Å²) in [6.45, 7) is 6.34. The molecule has 0 spiro atoms. The Bertz CT molecular complexity index is 204. The molecule has 0 saturated carbocycles. The maximum Gasteiger partial charge on any atom is 0.226 e. The number of rotatable bonds is 7. The highest BCUT2D eigenvalue weighted by molar-refractivity contribution is 5.78. The molecule has 0 aromatic rings. The monoisotopic (exact) mass is 229 g/mol. The van der Waals surface area contributed by atoms with Crippen LogP contribution in [0, 0.1) is 11.8 Å². The minimum atomic E-state index is -0.0211. The molecule has 0 aromatic carbocycles. The Morgan fingerprint density at radius 2 is 1.75 bits per heavy atom. The van der Waals surface area contributed by atoms with Crippen molar-refractivity contribution < 1.29 is 4.79 Å². The topological polar surface area (TPSA) is 49.6 Å². The molecule has 0 bridgehead atoms. The minimum absolute atomic E-state index is 0.0211. The zero-order chi connectivity index (χ0) is 12.7. The molecule has 0 aromatic heterocycles. The molecule has 16 heavy (non-hydrogen) atoms. The van der Waals surface area contributed by atoms with Gasteiger partial charge in [0.05, 0.1) is 5.92 Å². The molecule has 4 nitrogen and oxygen atoms in total. The van der Waals surface area contributed by atoms with Crippen molar-refractivity contribution in [2.24, 2.45) is 17.6 Å². The van der Waals surface area contributed by atoms with E-state index in [2.05, 4.69) is 18.7 Å². The van der Waals surface area contributed by atoms with E-state index < -0.39 is 0 Å². The van der Waals surface area contributed by atoms with Gasteiger partial charge in [-0.3, -0.25) is 4.79 Å². The lowest BCUT2D eigenvalue weighted by atomic mass is 9.96. The van der Waals surface area contributed by atoms with Gasteiger partial charge in [-0.05, 0) is 26.4 Å². The summed E-state index contributed by atoms with van der Waals surface area (Å²) in [7, 11) is 5.87. The summed E-state index contributed by atoms with van der Waals surface area (Å²) >= 11 is 0. The lowest BCUT2D eigenvalue weighted by Crippen LogP contribution is -2.40. The predicted octanol–water partition coefficient (Wildman–Crippen LogP) is 0.627. The summed E-state index contributed by atoms with van der Waals surface area (Å²) in [6, 6.07) is 0. The van der Waals surface area contributed by atoms with E-state index in [4.69, 9.17) is 5.73 Å². The third kappa shape index (κ3) is 6.08. The van der Waals surface area contributed by atoms with Gasteiger partial charge in [0.25, 0.3) is 0 Å². The molecular weight excluding hydrogens is 202 g/mol. The summed E-state index contributed by atoms with van der Waals surface area (Å²) in [6.07, 6.45) is 0.877. The highest BCUT2D eigenvalue weighted by Crippen LogP contribution is 2.12. The number of nitrogens with zero attached hydrogens (tertiary/aromatic N) is 2. The molecule has 4 heteroatoms. The fraction of sp³-hybridized carbons (Fsp3) is 0.917. The number of carbonyl (C=O) groups is 1. The van der Waals surface area contributed by atoms with Crippen LogP contribution in [0.5, 0.6) is 0 Å². The molecule has 96 valence electrons. The molecule has 0 rings (SSSR count). The molecule has 1 atom stereocenters. The summed E-state index contributed by atoms with van der Waals surface area (Å²) < 4.78 is 0. The maximum atomic E-state index is 12.0. The average molecular weight is 229 g/mol. The van der Waals surface area contributed by atoms with Crippen LogP contribution in [0.1, 0.15) is 20.3 Å². The Balaban J connectivity index is 4.16. The zero-order valence-corrected chi connectivity index (χ0v) is 11.4. The fourth-order valence-electron chi connectivity index (χ4n) is 1.64. The molecule has 0 aliphatic rings. The molecule has 0 aliphatic heterocycles. The van der Waals surface area contributed by atoms with E-state index in [-0.39, 0.29) is 11.8 Å². The minimum Gasteiger partial charge on any atom is -0.344 e. The summed E-state index contributed by atoms with van der Waals surface area (Å²) in [4.78, 5) is 15.9. The molecule has 1 amide bonds. The highest BCUT2D eigenvalue weighted by atomic mass is 16.2. The van der Waals surface area contributed by atoms with Gasteiger partial charge in [-0.15, -0.1) is 0 Å². The number of carbonyl (C=O) groups excluding carboxylic acids is 1. The summed E-state index contributed by atoms with van der Waals surface area (Å²) in [5.41, 5.74) is 5.66. The first-order valence-corrected chi connectivity index (χ1v) is 5.98. The third-order valence-corrected chi connectivity index (χ3v) is 2.65. The molecule has 0 saturated heterocycles. The molecule has 0 aliphatic carbocycles. The second-order valence-electron chi connectivity index (χ2n) is 5.13. The lowest BCUT2D eigenvalue weighted by Gasteiger charge is -2.25. The summed E-state index contributed by atoms with van der Waals surface area (Å²) in [5, 5.41) is 0. The van der Waals surface area contributed by atoms with Gasteiger partial charge in [-0.2, -0.15) is 0 Å². The van der Waals surface area contributed by atoms with Crippen molar-refractivity contribution in [2.75, 3.05) is 40.8 Å². The largest absolute Gasteiger partial charge is 0.344 e. The zero-order valence-electron chi connectivity index (χ0n) is 11.4. The number of amides is 1. The van der Waals surface area contributed by atoms with E-state index in [1.165, 1.54) is 0 Å².